The van der Waals surface area contributed by atoms with E-state index in [-0.39, 0.29) is 6.54 Å². The van der Waals surface area contributed by atoms with Crippen molar-refractivity contribution >= 4 is 16.6 Å². The molecule has 0 fully saturated rings. The Labute approximate surface area is 145 Å². The number of hydrogen-bond acceptors (Lipinski definition) is 3. The molecule has 0 amide bonds. The van der Waals surface area contributed by atoms with Crippen LogP contribution >= 0.6 is 0 Å². The molecule has 4 rings (SSSR count). The Morgan fingerprint density at radius 2 is 1.85 bits per heavy atom. The SMILES string of the molecule is Cc1nc2c3ccccc3n(Cc3cccc(C(F)(F)F)c3)c(=O)n2n1. The van der Waals surface area contributed by atoms with Crippen molar-refractivity contribution in [2.24, 2.45) is 0 Å². The Kier molecular flexibility index (Phi) is 3.57. The number of benzene rings is 2. The first-order valence-corrected chi connectivity index (χ1v) is 7.85. The highest BCUT2D eigenvalue weighted by Crippen LogP contribution is 2.29. The quantitative estimate of drug-likeness (QED) is 0.552. The predicted molar refractivity (Wildman–Crippen MR) is 90.0 cm³/mol. The summed E-state index contributed by atoms with van der Waals surface area (Å²) in [7, 11) is 0. The monoisotopic (exact) mass is 358 g/mol. The molecule has 0 spiro atoms. The van der Waals surface area contributed by atoms with Crippen LogP contribution in [0.2, 0.25) is 0 Å². The summed E-state index contributed by atoms with van der Waals surface area (Å²) in [5.74, 6) is 0.448. The maximum Gasteiger partial charge on any atom is 0.416 e. The van der Waals surface area contributed by atoms with Crippen molar-refractivity contribution in [3.05, 3.63) is 76.0 Å². The lowest BCUT2D eigenvalue weighted by Crippen LogP contribution is -2.28. The molecular formula is C18H13F3N4O. The van der Waals surface area contributed by atoms with Crippen molar-refractivity contribution in [3.63, 3.8) is 0 Å². The van der Waals surface area contributed by atoms with Crippen molar-refractivity contribution in [1.82, 2.24) is 19.2 Å². The fraction of sp³-hybridized carbons (Fsp3) is 0.167. The summed E-state index contributed by atoms with van der Waals surface area (Å²) in [6, 6.07) is 12.1. The fourth-order valence-electron chi connectivity index (χ4n) is 3.02. The molecule has 0 N–H and O–H groups in total. The second-order valence-electron chi connectivity index (χ2n) is 5.98. The summed E-state index contributed by atoms with van der Waals surface area (Å²) < 4.78 is 41.5. The lowest BCUT2D eigenvalue weighted by Gasteiger charge is -2.13. The first-order valence-electron chi connectivity index (χ1n) is 7.85. The molecule has 5 nitrogen and oxygen atoms in total. The Morgan fingerprint density at radius 1 is 1.08 bits per heavy atom. The lowest BCUT2D eigenvalue weighted by atomic mass is 10.1. The van der Waals surface area contributed by atoms with Gasteiger partial charge in [0.1, 0.15) is 5.82 Å². The van der Waals surface area contributed by atoms with Gasteiger partial charge in [0.25, 0.3) is 0 Å². The van der Waals surface area contributed by atoms with Gasteiger partial charge >= 0.3 is 11.9 Å². The maximum absolute atomic E-state index is 13.0. The molecule has 2 aromatic carbocycles. The zero-order valence-electron chi connectivity index (χ0n) is 13.7. The standard InChI is InChI=1S/C18H13F3N4O/c1-11-22-16-14-7-2-3-8-15(14)24(17(26)25(16)23-11)10-12-5-4-6-13(9-12)18(19,20)21/h2-9H,10H2,1H3. The average molecular weight is 358 g/mol. The van der Waals surface area contributed by atoms with Gasteiger partial charge in [0, 0.05) is 5.39 Å². The number of hydrogen-bond donors (Lipinski definition) is 0. The Hall–Kier alpha value is -3.16. The van der Waals surface area contributed by atoms with Gasteiger partial charge in [-0.25, -0.2) is 9.78 Å². The summed E-state index contributed by atoms with van der Waals surface area (Å²) in [6.45, 7) is 1.68. The number of aryl methyl sites for hydroxylation is 1. The van der Waals surface area contributed by atoms with E-state index in [9.17, 15) is 18.0 Å². The third kappa shape index (κ3) is 2.63. The van der Waals surface area contributed by atoms with Gasteiger partial charge in [-0.3, -0.25) is 4.57 Å². The molecule has 8 heteroatoms. The molecule has 0 saturated heterocycles. The van der Waals surface area contributed by atoms with Crippen molar-refractivity contribution in [2.45, 2.75) is 19.6 Å². The van der Waals surface area contributed by atoms with Crippen molar-refractivity contribution in [3.8, 4) is 0 Å². The number of nitrogens with zero attached hydrogens (tertiary/aromatic N) is 4. The molecule has 0 aliphatic rings. The minimum atomic E-state index is -4.43. The van der Waals surface area contributed by atoms with Crippen LogP contribution in [0.15, 0.2) is 53.3 Å². The minimum absolute atomic E-state index is 0.00187. The summed E-state index contributed by atoms with van der Waals surface area (Å²) >= 11 is 0. The van der Waals surface area contributed by atoms with Crippen molar-refractivity contribution in [1.29, 1.82) is 0 Å². The maximum atomic E-state index is 13.0. The number of aromatic nitrogens is 4. The van der Waals surface area contributed by atoms with Crippen LogP contribution in [0.3, 0.4) is 0 Å². The third-order valence-corrected chi connectivity index (χ3v) is 4.16. The van der Waals surface area contributed by atoms with E-state index in [2.05, 4.69) is 10.1 Å². The fourth-order valence-corrected chi connectivity index (χ4v) is 3.02. The van der Waals surface area contributed by atoms with E-state index in [1.807, 2.05) is 6.07 Å². The highest BCUT2D eigenvalue weighted by molar-refractivity contribution is 5.91. The molecule has 0 atom stereocenters. The Morgan fingerprint density at radius 3 is 2.62 bits per heavy atom. The van der Waals surface area contributed by atoms with Gasteiger partial charge in [-0.2, -0.15) is 17.7 Å². The van der Waals surface area contributed by atoms with Crippen LogP contribution in [-0.4, -0.2) is 19.2 Å². The number of rotatable bonds is 2. The van der Waals surface area contributed by atoms with E-state index in [1.54, 1.807) is 31.2 Å². The number of alkyl halides is 3. The molecule has 2 heterocycles. The van der Waals surface area contributed by atoms with E-state index >= 15 is 0 Å². The number of fused-ring (bicyclic) bond motifs is 3. The van der Waals surface area contributed by atoms with Crippen molar-refractivity contribution in [2.75, 3.05) is 0 Å². The van der Waals surface area contributed by atoms with Crippen LogP contribution in [-0.2, 0) is 12.7 Å². The second-order valence-corrected chi connectivity index (χ2v) is 5.98. The normalized spacial score (nSPS) is 12.2. The van der Waals surface area contributed by atoms with Gasteiger partial charge in [0.05, 0.1) is 17.6 Å². The molecule has 4 aromatic rings. The van der Waals surface area contributed by atoms with E-state index in [4.69, 9.17) is 0 Å². The molecular weight excluding hydrogens is 345 g/mol. The van der Waals surface area contributed by atoms with Crippen molar-refractivity contribution < 1.29 is 13.2 Å². The van der Waals surface area contributed by atoms with Gasteiger partial charge in [-0.1, -0.05) is 24.3 Å². The van der Waals surface area contributed by atoms with Crippen LogP contribution in [0.1, 0.15) is 17.0 Å². The predicted octanol–water partition coefficient (Wildman–Crippen LogP) is 3.42. The first kappa shape index (κ1) is 16.3. The highest BCUT2D eigenvalue weighted by Gasteiger charge is 2.30. The zero-order valence-corrected chi connectivity index (χ0v) is 13.7. The van der Waals surface area contributed by atoms with Crippen LogP contribution in [0.5, 0.6) is 0 Å². The van der Waals surface area contributed by atoms with E-state index in [0.29, 0.717) is 27.9 Å². The summed E-state index contributed by atoms with van der Waals surface area (Å²) in [5, 5.41) is 4.82. The smallest absolute Gasteiger partial charge is 0.287 e. The van der Waals surface area contributed by atoms with Crippen LogP contribution in [0.4, 0.5) is 13.2 Å². The second kappa shape index (κ2) is 5.69. The Balaban J connectivity index is 1.94. The molecule has 132 valence electrons. The highest BCUT2D eigenvalue weighted by atomic mass is 19.4. The molecule has 2 aromatic heterocycles. The van der Waals surface area contributed by atoms with E-state index < -0.39 is 17.4 Å². The summed E-state index contributed by atoms with van der Waals surface area (Å²) in [6.07, 6.45) is -4.43. The van der Waals surface area contributed by atoms with Crippen LogP contribution in [0.25, 0.3) is 16.6 Å². The van der Waals surface area contributed by atoms with Gasteiger partial charge in [-0.15, -0.1) is 5.10 Å². The first-order chi connectivity index (χ1) is 12.3. The van der Waals surface area contributed by atoms with E-state index in [0.717, 1.165) is 12.1 Å². The minimum Gasteiger partial charge on any atom is -0.287 e. The Bertz CT molecular complexity index is 1190. The molecule has 0 bridgehead atoms. The molecule has 0 unspecified atom stereocenters. The molecule has 26 heavy (non-hydrogen) atoms. The van der Waals surface area contributed by atoms with Gasteiger partial charge in [0.15, 0.2) is 5.65 Å². The third-order valence-electron chi connectivity index (χ3n) is 4.16. The molecule has 0 aliphatic heterocycles. The summed E-state index contributed by atoms with van der Waals surface area (Å²) in [4.78, 5) is 17.1. The molecule has 0 saturated carbocycles. The van der Waals surface area contributed by atoms with Crippen LogP contribution < -0.4 is 5.69 Å². The van der Waals surface area contributed by atoms with Crippen LogP contribution in [0, 0.1) is 6.92 Å². The number of halogens is 3. The average Bonchev–Trinajstić information content (AvgIpc) is 3.00. The van der Waals surface area contributed by atoms with E-state index in [1.165, 1.54) is 15.1 Å². The van der Waals surface area contributed by atoms with Gasteiger partial charge in [0.2, 0.25) is 0 Å². The largest absolute Gasteiger partial charge is 0.416 e. The molecule has 0 aliphatic carbocycles. The lowest BCUT2D eigenvalue weighted by molar-refractivity contribution is -0.137. The molecule has 0 radical (unpaired) electrons. The summed E-state index contributed by atoms with van der Waals surface area (Å²) in [5.41, 5.74) is 0.211. The van der Waals surface area contributed by atoms with Gasteiger partial charge < -0.3 is 0 Å². The number of para-hydroxylation sites is 1. The van der Waals surface area contributed by atoms with Gasteiger partial charge in [-0.05, 0) is 36.8 Å². The topological polar surface area (TPSA) is 52.2 Å². The zero-order chi connectivity index (χ0) is 18.5.